The molecule has 1 N–H and O–H groups in total. The van der Waals surface area contributed by atoms with Gasteiger partial charge in [0.05, 0.1) is 0 Å². The van der Waals surface area contributed by atoms with Crippen molar-refractivity contribution in [3.63, 3.8) is 0 Å². The third-order valence-electron chi connectivity index (χ3n) is 3.62. The molecule has 1 fully saturated rings. The average Bonchev–Trinajstić information content (AvgIpc) is 2.32. The lowest BCUT2D eigenvalue weighted by atomic mass is 9.73. The smallest absolute Gasteiger partial charge is 0.00234 e. The van der Waals surface area contributed by atoms with Crippen molar-refractivity contribution in [2.45, 2.75) is 26.2 Å². The largest absolute Gasteiger partial charge is 0.316 e. The van der Waals surface area contributed by atoms with Crippen LogP contribution < -0.4 is 5.32 Å². The number of benzene rings is 1. The highest BCUT2D eigenvalue weighted by atomic mass is 32.2. The first-order valence-electron chi connectivity index (χ1n) is 6.67. The summed E-state index contributed by atoms with van der Waals surface area (Å²) in [6.07, 6.45) is 3.99. The summed E-state index contributed by atoms with van der Waals surface area (Å²) >= 11 is 2.07. The minimum Gasteiger partial charge on any atom is -0.316 e. The molecule has 0 aromatic heterocycles. The molecule has 0 atom stereocenters. The molecule has 1 aromatic carbocycles. The molecule has 0 aliphatic carbocycles. The van der Waals surface area contributed by atoms with Crippen LogP contribution in [-0.2, 0) is 6.42 Å². The van der Waals surface area contributed by atoms with Crippen molar-refractivity contribution in [3.8, 4) is 0 Å². The van der Waals surface area contributed by atoms with E-state index in [1.54, 1.807) is 0 Å². The first-order valence-corrected chi connectivity index (χ1v) is 7.82. The molecule has 0 radical (unpaired) electrons. The molecule has 0 amide bonds. The van der Waals surface area contributed by atoms with Gasteiger partial charge in [0.25, 0.3) is 0 Å². The molecule has 1 aliphatic heterocycles. The molecular formula is C15H23NS. The molecule has 1 saturated heterocycles. The summed E-state index contributed by atoms with van der Waals surface area (Å²) in [5.41, 5.74) is 2.05. The van der Waals surface area contributed by atoms with Crippen molar-refractivity contribution < 1.29 is 0 Å². The topological polar surface area (TPSA) is 12.0 Å². The van der Waals surface area contributed by atoms with Crippen LogP contribution in [0.25, 0.3) is 0 Å². The Balaban J connectivity index is 1.82. The molecule has 1 heterocycles. The van der Waals surface area contributed by atoms with E-state index in [-0.39, 0.29) is 0 Å². The van der Waals surface area contributed by atoms with Gasteiger partial charge in [0.15, 0.2) is 0 Å². The van der Waals surface area contributed by atoms with Gasteiger partial charge in [-0.2, -0.15) is 11.8 Å². The number of hydrogen-bond donors (Lipinski definition) is 1. The zero-order chi connectivity index (χ0) is 12.0. The predicted molar refractivity (Wildman–Crippen MR) is 77.7 cm³/mol. The Morgan fingerprint density at radius 3 is 2.59 bits per heavy atom. The van der Waals surface area contributed by atoms with Gasteiger partial charge < -0.3 is 5.32 Å². The fourth-order valence-corrected chi connectivity index (χ4v) is 3.23. The van der Waals surface area contributed by atoms with Crippen molar-refractivity contribution >= 4 is 11.8 Å². The van der Waals surface area contributed by atoms with E-state index in [9.17, 15) is 0 Å². The van der Waals surface area contributed by atoms with Crippen LogP contribution in [0.15, 0.2) is 30.3 Å². The van der Waals surface area contributed by atoms with E-state index in [4.69, 9.17) is 0 Å². The first-order chi connectivity index (χ1) is 8.35. The molecule has 1 aromatic rings. The predicted octanol–water partition coefficient (Wildman–Crippen LogP) is 3.35. The van der Waals surface area contributed by atoms with Gasteiger partial charge in [-0.3, -0.25) is 0 Å². The minimum atomic E-state index is 0.551. The maximum atomic E-state index is 3.46. The first kappa shape index (κ1) is 13.0. The van der Waals surface area contributed by atoms with Crippen LogP contribution in [0.1, 0.15) is 25.3 Å². The van der Waals surface area contributed by atoms with Crippen LogP contribution in [0, 0.1) is 5.41 Å². The second-order valence-corrected chi connectivity index (χ2v) is 6.46. The second-order valence-electron chi connectivity index (χ2n) is 5.07. The van der Waals surface area contributed by atoms with Gasteiger partial charge in [0.2, 0.25) is 0 Å². The van der Waals surface area contributed by atoms with E-state index in [1.807, 2.05) is 0 Å². The van der Waals surface area contributed by atoms with Gasteiger partial charge in [-0.05, 0) is 41.7 Å². The van der Waals surface area contributed by atoms with E-state index >= 15 is 0 Å². The number of thioether (sulfide) groups is 1. The third kappa shape index (κ3) is 3.75. The Morgan fingerprint density at radius 1 is 1.24 bits per heavy atom. The lowest BCUT2D eigenvalue weighted by molar-refractivity contribution is 0.151. The zero-order valence-electron chi connectivity index (χ0n) is 10.7. The van der Waals surface area contributed by atoms with E-state index in [1.165, 1.54) is 49.4 Å². The van der Waals surface area contributed by atoms with Crippen LogP contribution in [-0.4, -0.2) is 24.6 Å². The quantitative estimate of drug-likeness (QED) is 0.744. The third-order valence-corrected chi connectivity index (χ3v) is 4.61. The van der Waals surface area contributed by atoms with E-state index in [2.05, 4.69) is 54.3 Å². The van der Waals surface area contributed by atoms with Crippen molar-refractivity contribution in [1.29, 1.82) is 0 Å². The molecule has 1 nitrogen and oxygen atoms in total. The fraction of sp³-hybridized carbons (Fsp3) is 0.600. The Morgan fingerprint density at radius 2 is 2.00 bits per heavy atom. The van der Waals surface area contributed by atoms with E-state index < -0.39 is 0 Å². The van der Waals surface area contributed by atoms with Gasteiger partial charge in [-0.15, -0.1) is 0 Å². The molecule has 0 spiro atoms. The molecule has 17 heavy (non-hydrogen) atoms. The molecule has 2 heteroatoms. The van der Waals surface area contributed by atoms with Crippen LogP contribution in [0.3, 0.4) is 0 Å². The normalized spacial score (nSPS) is 17.7. The molecular weight excluding hydrogens is 226 g/mol. The van der Waals surface area contributed by atoms with Crippen molar-refractivity contribution in [2.75, 3.05) is 24.6 Å². The lowest BCUT2D eigenvalue weighted by Crippen LogP contribution is -2.54. The van der Waals surface area contributed by atoms with Gasteiger partial charge in [-0.25, -0.2) is 0 Å². The second kappa shape index (κ2) is 6.46. The van der Waals surface area contributed by atoms with E-state index in [0.717, 1.165) is 0 Å². The van der Waals surface area contributed by atoms with Gasteiger partial charge >= 0.3 is 0 Å². The summed E-state index contributed by atoms with van der Waals surface area (Å²) < 4.78 is 0. The number of hydrogen-bond acceptors (Lipinski definition) is 2. The number of rotatable bonds is 7. The van der Waals surface area contributed by atoms with Crippen molar-refractivity contribution in [3.05, 3.63) is 35.9 Å². The van der Waals surface area contributed by atoms with Gasteiger partial charge in [0, 0.05) is 13.1 Å². The fourth-order valence-electron chi connectivity index (χ4n) is 2.59. The maximum Gasteiger partial charge on any atom is 0.00234 e. The maximum absolute atomic E-state index is 3.46. The molecule has 0 bridgehead atoms. The summed E-state index contributed by atoms with van der Waals surface area (Å²) in [5.74, 6) is 2.58. The SMILES string of the molecule is CCSCCCC1(Cc2ccccc2)CNC1. The highest BCUT2D eigenvalue weighted by Gasteiger charge is 2.35. The molecule has 2 rings (SSSR count). The van der Waals surface area contributed by atoms with E-state index in [0.29, 0.717) is 5.41 Å². The average molecular weight is 249 g/mol. The number of nitrogens with one attached hydrogen (secondary N) is 1. The summed E-state index contributed by atoms with van der Waals surface area (Å²) in [6.45, 7) is 4.66. The summed E-state index contributed by atoms with van der Waals surface area (Å²) in [4.78, 5) is 0. The Bertz CT molecular complexity index is 319. The molecule has 1 aliphatic rings. The zero-order valence-corrected chi connectivity index (χ0v) is 11.6. The monoisotopic (exact) mass is 249 g/mol. The molecule has 0 saturated carbocycles. The van der Waals surface area contributed by atoms with Gasteiger partial charge in [0.1, 0.15) is 0 Å². The van der Waals surface area contributed by atoms with Gasteiger partial charge in [-0.1, -0.05) is 37.3 Å². The summed E-state index contributed by atoms with van der Waals surface area (Å²) in [5, 5.41) is 3.46. The van der Waals surface area contributed by atoms with Crippen molar-refractivity contribution in [1.82, 2.24) is 5.32 Å². The Hall–Kier alpha value is -0.470. The Labute approximate surface area is 109 Å². The van der Waals surface area contributed by atoms with Crippen LogP contribution >= 0.6 is 11.8 Å². The highest BCUT2D eigenvalue weighted by molar-refractivity contribution is 7.99. The van der Waals surface area contributed by atoms with Crippen LogP contribution in [0.4, 0.5) is 0 Å². The Kier molecular flexibility index (Phi) is 4.93. The summed E-state index contributed by atoms with van der Waals surface area (Å²) in [6, 6.07) is 10.9. The summed E-state index contributed by atoms with van der Waals surface area (Å²) in [7, 11) is 0. The van der Waals surface area contributed by atoms with Crippen LogP contribution in [0.2, 0.25) is 0 Å². The molecule has 0 unspecified atom stereocenters. The minimum absolute atomic E-state index is 0.551. The molecule has 94 valence electrons. The standard InChI is InChI=1S/C15H23NS/c1-2-17-10-6-9-15(12-16-13-15)11-14-7-4-3-5-8-14/h3-5,7-8,16H,2,6,9-13H2,1H3. The highest BCUT2D eigenvalue weighted by Crippen LogP contribution is 2.33. The van der Waals surface area contributed by atoms with Crippen LogP contribution in [0.5, 0.6) is 0 Å². The van der Waals surface area contributed by atoms with Crippen molar-refractivity contribution in [2.24, 2.45) is 5.41 Å². The lowest BCUT2D eigenvalue weighted by Gasteiger charge is -2.43.